The Hall–Kier alpha value is -3.23. The highest BCUT2D eigenvalue weighted by Gasteiger charge is 2.34. The summed E-state index contributed by atoms with van der Waals surface area (Å²) in [6.45, 7) is 0. The molecule has 1 amide bonds. The second-order valence-corrected chi connectivity index (χ2v) is 5.61. The van der Waals surface area contributed by atoms with Crippen LogP contribution in [0.1, 0.15) is 11.3 Å². The Morgan fingerprint density at radius 2 is 1.74 bits per heavy atom. The topological polar surface area (TPSA) is 55.1 Å². The molecule has 140 valence electrons. The van der Waals surface area contributed by atoms with Gasteiger partial charge in [-0.3, -0.25) is 4.79 Å². The van der Waals surface area contributed by atoms with Crippen LogP contribution in [-0.4, -0.2) is 11.1 Å². The number of alkyl halides is 3. The lowest BCUT2D eigenvalue weighted by molar-refractivity contribution is -0.140. The van der Waals surface area contributed by atoms with E-state index in [4.69, 9.17) is 4.52 Å². The Morgan fingerprint density at radius 3 is 2.41 bits per heavy atom. The van der Waals surface area contributed by atoms with Crippen LogP contribution in [0.15, 0.2) is 53.1 Å². The largest absolute Gasteiger partial charge is 0.419 e. The summed E-state index contributed by atoms with van der Waals surface area (Å²) in [6, 6.07) is 9.02. The highest BCUT2D eigenvalue weighted by atomic mass is 19.4. The molecule has 0 fully saturated rings. The van der Waals surface area contributed by atoms with E-state index in [1.54, 1.807) is 0 Å². The van der Waals surface area contributed by atoms with Crippen LogP contribution in [0, 0.1) is 11.6 Å². The summed E-state index contributed by atoms with van der Waals surface area (Å²) in [5, 5.41) is 5.95. The predicted octanol–water partition coefficient (Wildman–Crippen LogP) is 4.82. The molecular formula is C18H11F5N2O2. The highest BCUT2D eigenvalue weighted by Crippen LogP contribution is 2.33. The first-order chi connectivity index (χ1) is 12.7. The molecule has 1 heterocycles. The lowest BCUT2D eigenvalue weighted by Gasteiger charge is -2.10. The molecule has 0 saturated carbocycles. The maximum Gasteiger partial charge on any atom is 0.419 e. The van der Waals surface area contributed by atoms with Crippen LogP contribution >= 0.6 is 0 Å². The second kappa shape index (κ2) is 7.18. The predicted molar refractivity (Wildman–Crippen MR) is 85.6 cm³/mol. The van der Waals surface area contributed by atoms with Gasteiger partial charge in [-0.1, -0.05) is 5.16 Å². The molecule has 0 bridgehead atoms. The van der Waals surface area contributed by atoms with E-state index in [1.165, 1.54) is 30.3 Å². The molecule has 27 heavy (non-hydrogen) atoms. The number of nitrogens with zero attached hydrogens (tertiary/aromatic N) is 1. The molecule has 0 spiro atoms. The normalized spacial score (nSPS) is 11.4. The van der Waals surface area contributed by atoms with E-state index in [2.05, 4.69) is 10.5 Å². The summed E-state index contributed by atoms with van der Waals surface area (Å²) in [5.74, 6) is -2.20. The average molecular weight is 382 g/mol. The van der Waals surface area contributed by atoms with E-state index >= 15 is 0 Å². The van der Waals surface area contributed by atoms with Crippen molar-refractivity contribution in [3.8, 4) is 11.3 Å². The summed E-state index contributed by atoms with van der Waals surface area (Å²) in [5.41, 5.74) is -0.898. The third kappa shape index (κ3) is 4.49. The Balaban J connectivity index is 1.69. The van der Waals surface area contributed by atoms with Crippen molar-refractivity contribution >= 4 is 11.6 Å². The number of hydrogen-bond acceptors (Lipinski definition) is 3. The number of nitrogens with one attached hydrogen (secondary N) is 1. The van der Waals surface area contributed by atoms with Gasteiger partial charge in [0.25, 0.3) is 0 Å². The van der Waals surface area contributed by atoms with Crippen LogP contribution in [0.4, 0.5) is 27.6 Å². The molecule has 9 heteroatoms. The van der Waals surface area contributed by atoms with Crippen molar-refractivity contribution in [3.05, 3.63) is 71.4 Å². The van der Waals surface area contributed by atoms with Crippen molar-refractivity contribution in [2.75, 3.05) is 5.32 Å². The molecule has 1 N–H and O–H groups in total. The van der Waals surface area contributed by atoms with E-state index in [-0.39, 0.29) is 17.8 Å². The van der Waals surface area contributed by atoms with Gasteiger partial charge in [-0.25, -0.2) is 8.78 Å². The lowest BCUT2D eigenvalue weighted by atomic mass is 10.1. The fourth-order valence-electron chi connectivity index (χ4n) is 2.34. The molecule has 0 aliphatic carbocycles. The van der Waals surface area contributed by atoms with Crippen LogP contribution in [0.5, 0.6) is 0 Å². The molecule has 3 aromatic rings. The van der Waals surface area contributed by atoms with Gasteiger partial charge < -0.3 is 9.84 Å². The summed E-state index contributed by atoms with van der Waals surface area (Å²) in [6.07, 6.45) is -5.15. The first-order valence-electron chi connectivity index (χ1n) is 7.60. The molecule has 0 aliphatic heterocycles. The summed E-state index contributed by atoms with van der Waals surface area (Å²) >= 11 is 0. The van der Waals surface area contributed by atoms with Crippen molar-refractivity contribution in [1.82, 2.24) is 5.16 Å². The molecule has 3 rings (SSSR count). The van der Waals surface area contributed by atoms with Crippen LogP contribution < -0.4 is 5.32 Å². The third-order valence-electron chi connectivity index (χ3n) is 3.58. The summed E-state index contributed by atoms with van der Waals surface area (Å²) < 4.78 is 69.4. The average Bonchev–Trinajstić information content (AvgIpc) is 3.04. The quantitative estimate of drug-likeness (QED) is 0.659. The minimum atomic E-state index is -4.87. The number of amides is 1. The number of aromatic nitrogens is 1. The van der Waals surface area contributed by atoms with Gasteiger partial charge in [-0.05, 0) is 42.5 Å². The number of anilines is 1. The Labute approximate surface area is 149 Å². The fourth-order valence-corrected chi connectivity index (χ4v) is 2.34. The fraction of sp³-hybridized carbons (Fsp3) is 0.111. The molecule has 0 unspecified atom stereocenters. The van der Waals surface area contributed by atoms with Crippen LogP contribution in [0.3, 0.4) is 0 Å². The van der Waals surface area contributed by atoms with Gasteiger partial charge >= 0.3 is 6.18 Å². The molecule has 0 radical (unpaired) electrons. The van der Waals surface area contributed by atoms with Crippen LogP contribution in [0.2, 0.25) is 0 Å². The number of carbonyl (C=O) groups is 1. The molecule has 0 aliphatic rings. The first-order valence-corrected chi connectivity index (χ1v) is 7.60. The van der Waals surface area contributed by atoms with Crippen molar-refractivity contribution in [3.63, 3.8) is 0 Å². The van der Waals surface area contributed by atoms with Gasteiger partial charge in [0, 0.05) is 17.3 Å². The van der Waals surface area contributed by atoms with Crippen molar-refractivity contribution < 1.29 is 31.3 Å². The number of rotatable bonds is 4. The van der Waals surface area contributed by atoms with E-state index in [0.29, 0.717) is 23.5 Å². The number of halogens is 5. The van der Waals surface area contributed by atoms with Crippen molar-refractivity contribution in [2.24, 2.45) is 0 Å². The van der Waals surface area contributed by atoms with Crippen molar-refractivity contribution in [1.29, 1.82) is 0 Å². The zero-order valence-corrected chi connectivity index (χ0v) is 13.5. The summed E-state index contributed by atoms with van der Waals surface area (Å²) in [4.78, 5) is 12.0. The maximum absolute atomic E-state index is 13.3. The van der Waals surface area contributed by atoms with Crippen LogP contribution in [0.25, 0.3) is 11.3 Å². The monoisotopic (exact) mass is 382 g/mol. The molecule has 0 atom stereocenters. The minimum absolute atomic E-state index is 0.198. The number of hydrogen-bond donors (Lipinski definition) is 1. The standard InChI is InChI=1S/C18H11F5N2O2/c19-11-3-1-10(2-4-11)16-8-13(25-27-16)9-17(26)24-12-5-6-15(20)14(7-12)18(21,22)23/h1-8H,9H2,(H,24,26). The Kier molecular flexibility index (Phi) is 4.93. The van der Waals surface area contributed by atoms with E-state index in [9.17, 15) is 26.7 Å². The number of benzene rings is 2. The second-order valence-electron chi connectivity index (χ2n) is 5.61. The smallest absolute Gasteiger partial charge is 0.356 e. The molecule has 1 aromatic heterocycles. The van der Waals surface area contributed by atoms with Gasteiger partial charge in [0.05, 0.1) is 17.7 Å². The van der Waals surface area contributed by atoms with Crippen molar-refractivity contribution in [2.45, 2.75) is 12.6 Å². The lowest BCUT2D eigenvalue weighted by Crippen LogP contribution is -2.16. The van der Waals surface area contributed by atoms with Gasteiger partial charge in [-0.2, -0.15) is 13.2 Å². The van der Waals surface area contributed by atoms with E-state index in [1.807, 2.05) is 0 Å². The summed E-state index contributed by atoms with van der Waals surface area (Å²) in [7, 11) is 0. The molecular weight excluding hydrogens is 371 g/mol. The highest BCUT2D eigenvalue weighted by molar-refractivity contribution is 5.92. The van der Waals surface area contributed by atoms with E-state index in [0.717, 1.165) is 6.07 Å². The van der Waals surface area contributed by atoms with Crippen LogP contribution in [-0.2, 0) is 17.4 Å². The molecule has 4 nitrogen and oxygen atoms in total. The molecule has 2 aromatic carbocycles. The first kappa shape index (κ1) is 18.6. The maximum atomic E-state index is 13.3. The SMILES string of the molecule is O=C(Cc1cc(-c2ccc(F)cc2)on1)Nc1ccc(F)c(C(F)(F)F)c1. The van der Waals surface area contributed by atoms with Gasteiger partial charge in [0.15, 0.2) is 5.76 Å². The van der Waals surface area contributed by atoms with Gasteiger partial charge in [0.2, 0.25) is 5.91 Å². The zero-order valence-electron chi connectivity index (χ0n) is 13.5. The van der Waals surface area contributed by atoms with Gasteiger partial charge in [-0.15, -0.1) is 0 Å². The van der Waals surface area contributed by atoms with Gasteiger partial charge in [0.1, 0.15) is 11.6 Å². The minimum Gasteiger partial charge on any atom is -0.356 e. The zero-order chi connectivity index (χ0) is 19.6. The Bertz CT molecular complexity index is 965. The number of carbonyl (C=O) groups excluding carboxylic acids is 1. The third-order valence-corrected chi connectivity index (χ3v) is 3.58. The van der Waals surface area contributed by atoms with E-state index < -0.39 is 29.3 Å². The Morgan fingerprint density at radius 1 is 1.04 bits per heavy atom. The molecule has 0 saturated heterocycles.